The monoisotopic (exact) mass is 316 g/mol. The van der Waals surface area contributed by atoms with Crippen molar-refractivity contribution in [3.63, 3.8) is 0 Å². The van der Waals surface area contributed by atoms with Crippen molar-refractivity contribution in [2.45, 2.75) is 12.3 Å². The fraction of sp³-hybridized carbons (Fsp3) is 0.231. The zero-order chi connectivity index (χ0) is 15.0. The minimum absolute atomic E-state index is 0.474. The number of thiol groups is 1. The SMILES string of the molecule is Cc1ncc(C2=C(C#N)C(S)N=C(c3nccs3)N2)n1C. The van der Waals surface area contributed by atoms with Gasteiger partial charge in [-0.2, -0.15) is 5.26 Å². The van der Waals surface area contributed by atoms with Crippen molar-refractivity contribution in [1.29, 1.82) is 5.26 Å². The number of imidazole rings is 1. The summed E-state index contributed by atoms with van der Waals surface area (Å²) in [4.78, 5) is 12.9. The first kappa shape index (κ1) is 13.9. The Labute approximate surface area is 131 Å². The molecule has 0 spiro atoms. The van der Waals surface area contributed by atoms with Gasteiger partial charge in [-0.15, -0.1) is 24.0 Å². The van der Waals surface area contributed by atoms with E-state index in [9.17, 15) is 5.26 Å². The van der Waals surface area contributed by atoms with Crippen LogP contribution in [0.15, 0.2) is 28.3 Å². The van der Waals surface area contributed by atoms with Crippen LogP contribution in [-0.2, 0) is 7.05 Å². The first-order valence-corrected chi connectivity index (χ1v) is 7.57. The number of nitriles is 1. The second kappa shape index (κ2) is 5.35. The van der Waals surface area contributed by atoms with Crippen LogP contribution < -0.4 is 5.32 Å². The molecule has 0 aromatic carbocycles. The minimum Gasteiger partial charge on any atom is -0.335 e. The highest BCUT2D eigenvalue weighted by atomic mass is 32.1. The van der Waals surface area contributed by atoms with Crippen molar-refractivity contribution in [3.05, 3.63) is 39.9 Å². The molecule has 8 heteroatoms. The van der Waals surface area contributed by atoms with Gasteiger partial charge in [0.1, 0.15) is 17.3 Å². The average molecular weight is 316 g/mol. The number of rotatable bonds is 2. The lowest BCUT2D eigenvalue weighted by Crippen LogP contribution is -2.31. The van der Waals surface area contributed by atoms with E-state index in [-0.39, 0.29) is 0 Å². The highest BCUT2D eigenvalue weighted by Crippen LogP contribution is 2.27. The summed E-state index contributed by atoms with van der Waals surface area (Å²) in [6.07, 6.45) is 3.45. The second-order valence-electron chi connectivity index (χ2n) is 4.46. The largest absolute Gasteiger partial charge is 0.335 e. The lowest BCUT2D eigenvalue weighted by Gasteiger charge is -2.21. The van der Waals surface area contributed by atoms with Gasteiger partial charge >= 0.3 is 0 Å². The number of aliphatic imine (C=N–C) groups is 1. The van der Waals surface area contributed by atoms with Crippen molar-refractivity contribution < 1.29 is 0 Å². The van der Waals surface area contributed by atoms with E-state index in [0.717, 1.165) is 16.5 Å². The highest BCUT2D eigenvalue weighted by Gasteiger charge is 2.26. The molecule has 21 heavy (non-hydrogen) atoms. The normalized spacial score (nSPS) is 18.2. The standard InChI is InChI=1S/C13H12N6S2/c1-7-16-6-9(19(7)2)10-8(5-14)12(20)18-11(17-10)13-15-3-4-21-13/h3-4,6,12,20H,1-2H3,(H,17,18). The Morgan fingerprint density at radius 3 is 2.86 bits per heavy atom. The van der Waals surface area contributed by atoms with Crippen LogP contribution in [0.1, 0.15) is 16.5 Å². The van der Waals surface area contributed by atoms with Crippen LogP contribution >= 0.6 is 24.0 Å². The number of thiazole rings is 1. The van der Waals surface area contributed by atoms with Gasteiger partial charge < -0.3 is 9.88 Å². The lowest BCUT2D eigenvalue weighted by molar-refractivity contribution is 0.836. The predicted octanol–water partition coefficient (Wildman–Crippen LogP) is 1.73. The van der Waals surface area contributed by atoms with E-state index in [1.807, 2.05) is 23.9 Å². The number of hydrogen-bond donors (Lipinski definition) is 2. The van der Waals surface area contributed by atoms with Gasteiger partial charge in [0, 0.05) is 18.6 Å². The number of amidine groups is 1. The number of nitrogens with one attached hydrogen (secondary N) is 1. The summed E-state index contributed by atoms with van der Waals surface area (Å²) in [6.45, 7) is 1.91. The molecule has 0 saturated heterocycles. The van der Waals surface area contributed by atoms with Gasteiger partial charge in [0.15, 0.2) is 10.8 Å². The van der Waals surface area contributed by atoms with Crippen LogP contribution in [0.5, 0.6) is 0 Å². The van der Waals surface area contributed by atoms with E-state index in [1.54, 1.807) is 12.4 Å². The van der Waals surface area contributed by atoms with Gasteiger partial charge in [0.25, 0.3) is 0 Å². The van der Waals surface area contributed by atoms with Gasteiger partial charge in [0.2, 0.25) is 0 Å². The molecule has 0 bridgehead atoms. The molecule has 106 valence electrons. The molecule has 3 rings (SSSR count). The number of nitrogens with zero attached hydrogens (tertiary/aromatic N) is 5. The molecule has 1 N–H and O–H groups in total. The van der Waals surface area contributed by atoms with Crippen molar-refractivity contribution >= 4 is 35.5 Å². The molecule has 0 amide bonds. The number of hydrogen-bond acceptors (Lipinski definition) is 7. The Bertz CT molecular complexity index is 778. The summed E-state index contributed by atoms with van der Waals surface area (Å²) in [5.74, 6) is 1.49. The summed E-state index contributed by atoms with van der Waals surface area (Å²) in [6, 6.07) is 2.18. The number of aromatic nitrogens is 3. The van der Waals surface area contributed by atoms with Crippen LogP contribution in [0, 0.1) is 18.3 Å². The molecule has 0 radical (unpaired) electrons. The van der Waals surface area contributed by atoms with E-state index >= 15 is 0 Å². The minimum atomic E-state index is -0.514. The van der Waals surface area contributed by atoms with E-state index in [1.165, 1.54) is 11.3 Å². The zero-order valence-corrected chi connectivity index (χ0v) is 13.1. The smallest absolute Gasteiger partial charge is 0.163 e. The maximum Gasteiger partial charge on any atom is 0.163 e. The zero-order valence-electron chi connectivity index (χ0n) is 11.4. The number of aryl methyl sites for hydroxylation is 1. The maximum atomic E-state index is 9.40. The molecule has 2 aromatic heterocycles. The molecule has 0 aliphatic carbocycles. The van der Waals surface area contributed by atoms with Gasteiger partial charge in [-0.1, -0.05) is 0 Å². The molecule has 1 unspecified atom stereocenters. The molecule has 0 fully saturated rings. The molecule has 0 saturated carbocycles. The van der Waals surface area contributed by atoms with Crippen LogP contribution in [-0.4, -0.2) is 25.7 Å². The molecule has 1 aliphatic heterocycles. The third kappa shape index (κ3) is 2.34. The maximum absolute atomic E-state index is 9.40. The fourth-order valence-corrected chi connectivity index (χ4v) is 2.92. The Kier molecular flexibility index (Phi) is 3.53. The van der Waals surface area contributed by atoms with Crippen molar-refractivity contribution in [1.82, 2.24) is 19.9 Å². The van der Waals surface area contributed by atoms with Gasteiger partial charge in [0.05, 0.1) is 23.2 Å². The second-order valence-corrected chi connectivity index (χ2v) is 5.85. The molecular weight excluding hydrogens is 304 g/mol. The van der Waals surface area contributed by atoms with Crippen LogP contribution in [0.2, 0.25) is 0 Å². The highest BCUT2D eigenvalue weighted by molar-refractivity contribution is 7.81. The third-order valence-corrected chi connectivity index (χ3v) is 4.41. The van der Waals surface area contributed by atoms with Gasteiger partial charge in [-0.3, -0.25) is 0 Å². The van der Waals surface area contributed by atoms with E-state index < -0.39 is 5.37 Å². The van der Waals surface area contributed by atoms with E-state index in [4.69, 9.17) is 0 Å². The summed E-state index contributed by atoms with van der Waals surface area (Å²) < 4.78 is 1.92. The molecule has 3 heterocycles. The quantitative estimate of drug-likeness (QED) is 0.827. The fourth-order valence-electron chi connectivity index (χ4n) is 2.03. The lowest BCUT2D eigenvalue weighted by atomic mass is 10.1. The topological polar surface area (TPSA) is 78.9 Å². The Morgan fingerprint density at radius 1 is 1.48 bits per heavy atom. The van der Waals surface area contributed by atoms with Crippen molar-refractivity contribution in [3.8, 4) is 6.07 Å². The predicted molar refractivity (Wildman–Crippen MR) is 85.0 cm³/mol. The third-order valence-electron chi connectivity index (χ3n) is 3.25. The van der Waals surface area contributed by atoms with Gasteiger partial charge in [-0.25, -0.2) is 15.0 Å². The van der Waals surface area contributed by atoms with Crippen LogP contribution in [0.3, 0.4) is 0 Å². The average Bonchev–Trinajstić information content (AvgIpc) is 3.10. The molecule has 1 aliphatic rings. The summed E-state index contributed by atoms with van der Waals surface area (Å²) in [5, 5.41) is 14.7. The first-order valence-electron chi connectivity index (χ1n) is 6.17. The summed E-state index contributed by atoms with van der Waals surface area (Å²) in [5.41, 5.74) is 1.98. The molecule has 2 aromatic rings. The molecule has 1 atom stereocenters. The van der Waals surface area contributed by atoms with Crippen LogP contribution in [0.4, 0.5) is 0 Å². The Morgan fingerprint density at radius 2 is 2.29 bits per heavy atom. The summed E-state index contributed by atoms with van der Waals surface area (Å²) >= 11 is 5.90. The van der Waals surface area contributed by atoms with Crippen molar-refractivity contribution in [2.24, 2.45) is 12.0 Å². The van der Waals surface area contributed by atoms with E-state index in [0.29, 0.717) is 17.1 Å². The summed E-state index contributed by atoms with van der Waals surface area (Å²) in [7, 11) is 1.91. The van der Waals surface area contributed by atoms with Crippen LogP contribution in [0.25, 0.3) is 5.70 Å². The molecular formula is C13H12N6S2. The first-order chi connectivity index (χ1) is 10.1. The van der Waals surface area contributed by atoms with E-state index in [2.05, 4.69) is 39.0 Å². The Balaban J connectivity index is 2.09. The van der Waals surface area contributed by atoms with Gasteiger partial charge in [-0.05, 0) is 6.92 Å². The Hall–Kier alpha value is -2.11. The molecule has 6 nitrogen and oxygen atoms in total. The van der Waals surface area contributed by atoms with Crippen molar-refractivity contribution in [2.75, 3.05) is 0 Å².